The van der Waals surface area contributed by atoms with Crippen molar-refractivity contribution in [2.45, 2.75) is 63.3 Å². The summed E-state index contributed by atoms with van der Waals surface area (Å²) < 4.78 is 45.0. The minimum absolute atomic E-state index is 0.0144. The molecule has 45 heavy (non-hydrogen) atoms. The van der Waals surface area contributed by atoms with Crippen molar-refractivity contribution in [2.75, 3.05) is 38.0 Å². The van der Waals surface area contributed by atoms with Gasteiger partial charge in [0.1, 0.15) is 0 Å². The predicted molar refractivity (Wildman–Crippen MR) is 175 cm³/mol. The number of nitrogens with one attached hydrogen (secondary N) is 1. The maximum Gasteiger partial charge on any atom is 0.333 e. The highest BCUT2D eigenvalue weighted by atomic mass is 32.2. The number of para-hydroxylation sites is 1. The first-order chi connectivity index (χ1) is 21.7. The molecule has 1 amide bonds. The maximum absolute atomic E-state index is 14.3. The summed E-state index contributed by atoms with van der Waals surface area (Å²) in [7, 11) is -1.06. The van der Waals surface area contributed by atoms with Gasteiger partial charge in [0.05, 0.1) is 30.6 Å². The third-order valence-corrected chi connectivity index (χ3v) is 10.3. The number of methoxy groups -OCH3 is 2. The van der Waals surface area contributed by atoms with E-state index in [2.05, 4.69) is 24.1 Å². The number of hydrogen-bond donors (Lipinski definition) is 1. The molecular weight excluding hydrogens is 592 g/mol. The molecule has 10 heteroatoms. The Hall–Kier alpha value is -4.05. The normalized spacial score (nSPS) is 15.7. The average Bonchev–Trinajstić information content (AvgIpc) is 3.15. The minimum Gasteiger partial charge on any atom is -0.493 e. The van der Waals surface area contributed by atoms with Gasteiger partial charge in [0.25, 0.3) is 5.91 Å². The van der Waals surface area contributed by atoms with Gasteiger partial charge in [-0.3, -0.25) is 4.79 Å². The zero-order chi connectivity index (χ0) is 32.5. The number of hydrogen-bond acceptors (Lipinski definition) is 8. The Bertz CT molecular complexity index is 1540. The van der Waals surface area contributed by atoms with Crippen LogP contribution in [0.15, 0.2) is 77.7 Å². The van der Waals surface area contributed by atoms with Crippen LogP contribution in [0, 0.1) is 5.41 Å². The number of esters is 1. The summed E-state index contributed by atoms with van der Waals surface area (Å²) in [5.74, 6) is -0.788. The second-order valence-electron chi connectivity index (χ2n) is 11.6. The SMILES string of the molecule is CCCCC1(CCCC)CN(c2ccccc2)c2cc(OC)c(OCC(=O)N[C@@H](C(=O)OC)c3ccccc3)cc2S(=O)(=O)C1. The Morgan fingerprint density at radius 2 is 1.53 bits per heavy atom. The van der Waals surface area contributed by atoms with E-state index >= 15 is 0 Å². The van der Waals surface area contributed by atoms with Crippen molar-refractivity contribution in [2.24, 2.45) is 5.41 Å². The van der Waals surface area contributed by atoms with E-state index in [1.807, 2.05) is 30.3 Å². The van der Waals surface area contributed by atoms with Crippen molar-refractivity contribution in [3.63, 3.8) is 0 Å². The molecule has 0 aromatic heterocycles. The van der Waals surface area contributed by atoms with Gasteiger partial charge in [-0.05, 0) is 30.5 Å². The molecule has 0 unspecified atom stereocenters. The summed E-state index contributed by atoms with van der Waals surface area (Å²) in [6.45, 7) is 4.32. The van der Waals surface area contributed by atoms with Gasteiger partial charge in [-0.25, -0.2) is 13.2 Å². The van der Waals surface area contributed by atoms with Crippen molar-refractivity contribution in [1.82, 2.24) is 5.32 Å². The number of anilines is 2. The van der Waals surface area contributed by atoms with Gasteiger partial charge in [-0.1, -0.05) is 88.1 Å². The molecule has 4 rings (SSSR count). The van der Waals surface area contributed by atoms with Crippen LogP contribution in [-0.4, -0.2) is 53.4 Å². The molecule has 1 N–H and O–H groups in total. The Labute approximate surface area is 266 Å². The summed E-state index contributed by atoms with van der Waals surface area (Å²) in [5, 5.41) is 2.65. The number of carbonyl (C=O) groups excluding carboxylic acids is 2. The van der Waals surface area contributed by atoms with Crippen molar-refractivity contribution < 1.29 is 32.2 Å². The summed E-state index contributed by atoms with van der Waals surface area (Å²) in [6.07, 6.45) is 5.40. The number of carbonyl (C=O) groups is 2. The van der Waals surface area contributed by atoms with E-state index in [1.54, 1.807) is 36.4 Å². The summed E-state index contributed by atoms with van der Waals surface area (Å²) >= 11 is 0. The Kier molecular flexibility index (Phi) is 11.5. The third kappa shape index (κ3) is 8.16. The molecule has 1 aliphatic heterocycles. The second kappa shape index (κ2) is 15.3. The van der Waals surface area contributed by atoms with Gasteiger partial charge < -0.3 is 24.4 Å². The van der Waals surface area contributed by atoms with E-state index < -0.39 is 39.8 Å². The fourth-order valence-corrected chi connectivity index (χ4v) is 8.08. The lowest BCUT2D eigenvalue weighted by Gasteiger charge is -2.37. The molecule has 3 aromatic carbocycles. The molecule has 1 atom stereocenters. The van der Waals surface area contributed by atoms with Crippen molar-refractivity contribution in [1.29, 1.82) is 0 Å². The lowest BCUT2D eigenvalue weighted by Crippen LogP contribution is -2.38. The largest absolute Gasteiger partial charge is 0.493 e. The minimum atomic E-state index is -3.78. The molecule has 0 bridgehead atoms. The van der Waals surface area contributed by atoms with E-state index in [4.69, 9.17) is 14.2 Å². The molecule has 0 aliphatic carbocycles. The lowest BCUT2D eigenvalue weighted by molar-refractivity contribution is -0.145. The first kappa shape index (κ1) is 33.8. The number of nitrogens with zero attached hydrogens (tertiary/aromatic N) is 1. The number of benzene rings is 3. The van der Waals surface area contributed by atoms with E-state index in [1.165, 1.54) is 20.3 Å². The number of unbranched alkanes of at least 4 members (excludes halogenated alkanes) is 2. The van der Waals surface area contributed by atoms with Crippen LogP contribution in [0.3, 0.4) is 0 Å². The van der Waals surface area contributed by atoms with Crippen LogP contribution in [-0.2, 0) is 24.2 Å². The molecule has 242 valence electrons. The summed E-state index contributed by atoms with van der Waals surface area (Å²) in [6, 6.07) is 20.7. The van der Waals surface area contributed by atoms with Gasteiger partial charge >= 0.3 is 5.97 Å². The standard InChI is InChI=1S/C35H44N2O7S/c1-5-7-19-35(20-8-6-2)24-37(27-17-13-10-14-18-27)28-21-29(42-3)30(22-31(28)45(40,41)25-35)44-23-32(38)36-33(34(39)43-4)26-15-11-9-12-16-26/h9-18,21-22,33H,5-8,19-20,23-25H2,1-4H3,(H,36,38)/t33-/m1/s1. The van der Waals surface area contributed by atoms with E-state index in [-0.39, 0.29) is 16.4 Å². The van der Waals surface area contributed by atoms with E-state index in [0.29, 0.717) is 23.5 Å². The first-order valence-corrected chi connectivity index (χ1v) is 17.1. The van der Waals surface area contributed by atoms with E-state index in [9.17, 15) is 18.0 Å². The maximum atomic E-state index is 14.3. The smallest absolute Gasteiger partial charge is 0.333 e. The monoisotopic (exact) mass is 636 g/mol. The van der Waals surface area contributed by atoms with Crippen LogP contribution in [0.25, 0.3) is 0 Å². The lowest BCUT2D eigenvalue weighted by atomic mass is 9.79. The number of sulfone groups is 1. The Balaban J connectivity index is 1.71. The second-order valence-corrected chi connectivity index (χ2v) is 13.5. The summed E-state index contributed by atoms with van der Waals surface area (Å²) in [5.41, 5.74) is 1.51. The number of fused-ring (bicyclic) bond motifs is 1. The highest BCUT2D eigenvalue weighted by Crippen LogP contribution is 2.48. The Morgan fingerprint density at radius 1 is 0.911 bits per heavy atom. The molecule has 0 saturated heterocycles. The van der Waals surface area contributed by atoms with Crippen LogP contribution in [0.4, 0.5) is 11.4 Å². The molecule has 0 saturated carbocycles. The van der Waals surface area contributed by atoms with E-state index in [0.717, 1.165) is 44.2 Å². The van der Waals surface area contributed by atoms with Gasteiger partial charge in [-0.2, -0.15) is 0 Å². The van der Waals surface area contributed by atoms with Crippen molar-refractivity contribution >= 4 is 33.1 Å². The van der Waals surface area contributed by atoms with Crippen LogP contribution in [0.5, 0.6) is 11.5 Å². The van der Waals surface area contributed by atoms with Gasteiger partial charge in [0, 0.05) is 29.8 Å². The Morgan fingerprint density at radius 3 is 2.11 bits per heavy atom. The number of ether oxygens (including phenoxy) is 3. The highest BCUT2D eigenvalue weighted by molar-refractivity contribution is 7.91. The predicted octanol–water partition coefficient (Wildman–Crippen LogP) is 6.40. The molecular formula is C35H44N2O7S. The molecule has 0 spiro atoms. The average molecular weight is 637 g/mol. The van der Waals surface area contributed by atoms with Gasteiger partial charge in [0.15, 0.2) is 34.0 Å². The first-order valence-electron chi connectivity index (χ1n) is 15.5. The number of rotatable bonds is 14. The summed E-state index contributed by atoms with van der Waals surface area (Å²) in [4.78, 5) is 27.7. The zero-order valence-corrected chi connectivity index (χ0v) is 27.4. The molecule has 3 aromatic rings. The molecule has 0 fully saturated rings. The van der Waals surface area contributed by atoms with Crippen LogP contribution in [0.1, 0.15) is 64.0 Å². The third-order valence-electron chi connectivity index (χ3n) is 8.28. The number of amides is 1. The fourth-order valence-electron chi connectivity index (χ4n) is 5.97. The van der Waals surface area contributed by atoms with Gasteiger partial charge in [-0.15, -0.1) is 0 Å². The fraction of sp³-hybridized carbons (Fsp3) is 0.429. The van der Waals surface area contributed by atoms with Crippen LogP contribution in [0.2, 0.25) is 0 Å². The van der Waals surface area contributed by atoms with Crippen LogP contribution < -0.4 is 19.7 Å². The van der Waals surface area contributed by atoms with Crippen molar-refractivity contribution in [3.8, 4) is 11.5 Å². The molecule has 0 radical (unpaired) electrons. The van der Waals surface area contributed by atoms with Crippen LogP contribution >= 0.6 is 0 Å². The zero-order valence-electron chi connectivity index (χ0n) is 26.6. The quantitative estimate of drug-likeness (QED) is 0.203. The topological polar surface area (TPSA) is 111 Å². The molecule has 1 aliphatic rings. The van der Waals surface area contributed by atoms with Gasteiger partial charge in [0.2, 0.25) is 0 Å². The molecule has 1 heterocycles. The molecule has 9 nitrogen and oxygen atoms in total. The van der Waals surface area contributed by atoms with Crippen molar-refractivity contribution in [3.05, 3.63) is 78.4 Å². The highest BCUT2D eigenvalue weighted by Gasteiger charge is 2.42.